The second kappa shape index (κ2) is 3.06. The zero-order valence-corrected chi connectivity index (χ0v) is 8.65. The summed E-state index contributed by atoms with van der Waals surface area (Å²) in [4.78, 5) is 14.7. The Morgan fingerprint density at radius 1 is 1.67 bits per heavy atom. The van der Waals surface area contributed by atoms with E-state index >= 15 is 0 Å². The van der Waals surface area contributed by atoms with Gasteiger partial charge in [-0.05, 0) is 12.2 Å². The van der Waals surface area contributed by atoms with Gasteiger partial charge >= 0.3 is 5.97 Å². The van der Waals surface area contributed by atoms with Crippen LogP contribution in [-0.2, 0) is 7.05 Å². The van der Waals surface area contributed by atoms with Crippen LogP contribution < -0.4 is 5.73 Å². The Balaban J connectivity index is 2.94. The first-order valence-electron chi connectivity index (χ1n) is 4.08. The number of anilines is 1. The van der Waals surface area contributed by atoms with Crippen LogP contribution in [0, 0.1) is 4.77 Å². The molecule has 0 aliphatic heterocycles. The van der Waals surface area contributed by atoms with Gasteiger partial charge in [-0.25, -0.2) is 9.78 Å². The molecule has 0 spiro atoms. The normalized spacial score (nSPS) is 10.7. The molecule has 7 heteroatoms. The number of aromatic nitrogens is 3. The van der Waals surface area contributed by atoms with Gasteiger partial charge in [0.1, 0.15) is 17.2 Å². The zero-order chi connectivity index (χ0) is 11.2. The fourth-order valence-corrected chi connectivity index (χ4v) is 1.66. The van der Waals surface area contributed by atoms with Crippen LogP contribution in [-0.4, -0.2) is 25.0 Å². The molecule has 0 radical (unpaired) electrons. The van der Waals surface area contributed by atoms with Gasteiger partial charge in [0.15, 0.2) is 0 Å². The third-order valence-corrected chi connectivity index (χ3v) is 2.42. The van der Waals surface area contributed by atoms with Crippen LogP contribution >= 0.6 is 12.2 Å². The SMILES string of the molecule is Cn1c(C(=O)O)cn2c(=S)nc(N)cc12. The molecule has 0 bridgehead atoms. The molecule has 2 heterocycles. The van der Waals surface area contributed by atoms with Crippen molar-refractivity contribution in [2.45, 2.75) is 0 Å². The summed E-state index contributed by atoms with van der Waals surface area (Å²) in [5.74, 6) is -0.743. The summed E-state index contributed by atoms with van der Waals surface area (Å²) in [6.07, 6.45) is 1.42. The molecule has 0 aromatic carbocycles. The number of carbonyl (C=O) groups is 1. The van der Waals surface area contributed by atoms with Gasteiger partial charge in [0.05, 0.1) is 0 Å². The molecule has 2 aromatic heterocycles. The molecular weight excluding hydrogens is 216 g/mol. The number of hydrogen-bond donors (Lipinski definition) is 2. The first-order chi connectivity index (χ1) is 7.00. The average Bonchev–Trinajstić information content (AvgIpc) is 2.44. The number of nitrogens with zero attached hydrogens (tertiary/aromatic N) is 3. The van der Waals surface area contributed by atoms with Gasteiger partial charge in [0, 0.05) is 19.3 Å². The van der Waals surface area contributed by atoms with E-state index < -0.39 is 5.97 Å². The number of imidazole rings is 1. The molecule has 0 atom stereocenters. The molecule has 15 heavy (non-hydrogen) atoms. The number of nitrogens with two attached hydrogens (primary N) is 1. The molecular formula is C8H8N4O2S. The molecule has 3 N–H and O–H groups in total. The van der Waals surface area contributed by atoms with E-state index in [0.717, 1.165) is 0 Å². The van der Waals surface area contributed by atoms with E-state index in [4.69, 9.17) is 23.1 Å². The first-order valence-corrected chi connectivity index (χ1v) is 4.49. The Bertz CT molecular complexity index is 613. The maximum Gasteiger partial charge on any atom is 0.354 e. The summed E-state index contributed by atoms with van der Waals surface area (Å²) in [6.45, 7) is 0. The van der Waals surface area contributed by atoms with Gasteiger partial charge in [-0.1, -0.05) is 0 Å². The second-order valence-electron chi connectivity index (χ2n) is 3.07. The van der Waals surface area contributed by atoms with Crippen molar-refractivity contribution in [2.24, 2.45) is 7.05 Å². The van der Waals surface area contributed by atoms with Crippen LogP contribution in [0.2, 0.25) is 0 Å². The van der Waals surface area contributed by atoms with Crippen LogP contribution in [0.5, 0.6) is 0 Å². The highest BCUT2D eigenvalue weighted by molar-refractivity contribution is 7.71. The standard InChI is InChI=1S/C8H8N4O2S/c1-11-4(7(13)14)3-12-6(11)2-5(9)10-8(12)15/h2-3H,1H3,(H,13,14)(H2,9,10,15). The van der Waals surface area contributed by atoms with Gasteiger partial charge in [0.2, 0.25) is 4.77 Å². The van der Waals surface area contributed by atoms with Gasteiger partial charge in [-0.3, -0.25) is 4.40 Å². The molecule has 78 valence electrons. The van der Waals surface area contributed by atoms with Crippen LogP contribution in [0.3, 0.4) is 0 Å². The van der Waals surface area contributed by atoms with Crippen molar-refractivity contribution in [1.82, 2.24) is 14.0 Å². The summed E-state index contributed by atoms with van der Waals surface area (Å²) < 4.78 is 3.25. The van der Waals surface area contributed by atoms with Crippen molar-refractivity contribution < 1.29 is 9.90 Å². The molecule has 0 fully saturated rings. The number of aryl methyl sites for hydroxylation is 1. The molecule has 0 aliphatic carbocycles. The molecule has 2 aromatic rings. The average molecular weight is 224 g/mol. The monoisotopic (exact) mass is 224 g/mol. The Labute approximate surface area is 89.6 Å². The molecule has 2 rings (SSSR count). The summed E-state index contributed by atoms with van der Waals surface area (Å²) in [5.41, 5.74) is 6.26. The lowest BCUT2D eigenvalue weighted by Crippen LogP contribution is -2.04. The number of hydrogen-bond acceptors (Lipinski definition) is 4. The summed E-state index contributed by atoms with van der Waals surface area (Å²) in [6, 6.07) is 1.57. The number of aromatic carboxylic acids is 1. The predicted octanol–water partition coefficient (Wildman–Crippen LogP) is 0.683. The molecule has 0 saturated carbocycles. The molecule has 0 aliphatic rings. The van der Waals surface area contributed by atoms with Gasteiger partial charge in [0.25, 0.3) is 0 Å². The van der Waals surface area contributed by atoms with Crippen molar-refractivity contribution in [3.05, 3.63) is 22.7 Å². The third-order valence-electron chi connectivity index (χ3n) is 2.13. The highest BCUT2D eigenvalue weighted by atomic mass is 32.1. The van der Waals surface area contributed by atoms with Crippen LogP contribution in [0.15, 0.2) is 12.3 Å². The smallest absolute Gasteiger partial charge is 0.354 e. The molecule has 0 unspecified atom stereocenters. The van der Waals surface area contributed by atoms with E-state index in [1.165, 1.54) is 15.2 Å². The van der Waals surface area contributed by atoms with Gasteiger partial charge in [-0.2, -0.15) is 0 Å². The molecule has 6 nitrogen and oxygen atoms in total. The van der Waals surface area contributed by atoms with Gasteiger partial charge < -0.3 is 15.4 Å². The summed E-state index contributed by atoms with van der Waals surface area (Å²) >= 11 is 4.97. The maximum absolute atomic E-state index is 10.9. The molecule has 0 saturated heterocycles. The van der Waals surface area contributed by atoms with E-state index in [-0.39, 0.29) is 16.3 Å². The van der Waals surface area contributed by atoms with Crippen molar-refractivity contribution in [3.8, 4) is 0 Å². The lowest BCUT2D eigenvalue weighted by Gasteiger charge is -1.99. The third kappa shape index (κ3) is 1.37. The highest BCUT2D eigenvalue weighted by Gasteiger charge is 2.12. The minimum Gasteiger partial charge on any atom is -0.477 e. The number of rotatable bonds is 1. The van der Waals surface area contributed by atoms with E-state index in [1.807, 2.05) is 0 Å². The number of carboxylic acid groups (broad SMARTS) is 1. The van der Waals surface area contributed by atoms with Gasteiger partial charge in [-0.15, -0.1) is 0 Å². The summed E-state index contributed by atoms with van der Waals surface area (Å²) in [7, 11) is 1.63. The Morgan fingerprint density at radius 3 is 2.93 bits per heavy atom. The van der Waals surface area contributed by atoms with Crippen LogP contribution in [0.1, 0.15) is 10.5 Å². The van der Waals surface area contributed by atoms with Crippen LogP contribution in [0.25, 0.3) is 5.65 Å². The van der Waals surface area contributed by atoms with Crippen molar-refractivity contribution >= 4 is 29.7 Å². The minimum atomic E-state index is -1.02. The highest BCUT2D eigenvalue weighted by Crippen LogP contribution is 2.12. The first kappa shape index (κ1) is 9.66. The molecule has 0 amide bonds. The van der Waals surface area contributed by atoms with Crippen molar-refractivity contribution in [3.63, 3.8) is 0 Å². The lowest BCUT2D eigenvalue weighted by molar-refractivity contribution is 0.0687. The largest absolute Gasteiger partial charge is 0.477 e. The van der Waals surface area contributed by atoms with Crippen LogP contribution in [0.4, 0.5) is 5.82 Å². The maximum atomic E-state index is 10.9. The second-order valence-corrected chi connectivity index (χ2v) is 3.44. The Kier molecular flexibility index (Phi) is 1.97. The minimum absolute atomic E-state index is 0.133. The van der Waals surface area contributed by atoms with E-state index in [2.05, 4.69) is 4.98 Å². The number of fused-ring (bicyclic) bond motifs is 1. The Morgan fingerprint density at radius 2 is 2.33 bits per heavy atom. The topological polar surface area (TPSA) is 85.5 Å². The fourth-order valence-electron chi connectivity index (χ4n) is 1.41. The van der Waals surface area contributed by atoms with E-state index in [0.29, 0.717) is 5.65 Å². The zero-order valence-electron chi connectivity index (χ0n) is 7.84. The number of carboxylic acids is 1. The Hall–Kier alpha value is -1.89. The lowest BCUT2D eigenvalue weighted by atomic mass is 10.5. The van der Waals surface area contributed by atoms with E-state index in [1.54, 1.807) is 13.1 Å². The number of nitrogen functional groups attached to an aromatic ring is 1. The van der Waals surface area contributed by atoms with E-state index in [9.17, 15) is 4.79 Å². The predicted molar refractivity (Wildman–Crippen MR) is 56.4 cm³/mol. The van der Waals surface area contributed by atoms with Crippen molar-refractivity contribution in [2.75, 3.05) is 5.73 Å². The van der Waals surface area contributed by atoms with Crippen molar-refractivity contribution in [1.29, 1.82) is 0 Å². The fraction of sp³-hybridized carbons (Fsp3) is 0.125. The summed E-state index contributed by atoms with van der Waals surface area (Å²) in [5, 5.41) is 8.91. The quantitative estimate of drug-likeness (QED) is 0.696.